The first-order chi connectivity index (χ1) is 9.20. The minimum Gasteiger partial charge on any atom is -0.492 e. The summed E-state index contributed by atoms with van der Waals surface area (Å²) in [6.07, 6.45) is 2.81. The Morgan fingerprint density at radius 2 is 2.05 bits per heavy atom. The summed E-state index contributed by atoms with van der Waals surface area (Å²) in [5, 5.41) is 0. The molecule has 0 saturated heterocycles. The van der Waals surface area contributed by atoms with Crippen LogP contribution in [-0.4, -0.2) is 30.6 Å². The standard InChI is InChI=1S/C16H26N2O/c1-13(2)18(12-14-7-8-14)9-10-19-16-6-4-3-5-15(16)11-17/h3-6,13-14H,7-12,17H2,1-2H3. The fourth-order valence-corrected chi connectivity index (χ4v) is 2.28. The van der Waals surface area contributed by atoms with Gasteiger partial charge in [0.1, 0.15) is 12.4 Å². The average molecular weight is 262 g/mol. The van der Waals surface area contributed by atoms with Gasteiger partial charge >= 0.3 is 0 Å². The zero-order valence-electron chi connectivity index (χ0n) is 12.1. The van der Waals surface area contributed by atoms with Crippen molar-refractivity contribution in [1.29, 1.82) is 0 Å². The molecule has 1 aliphatic rings. The summed E-state index contributed by atoms with van der Waals surface area (Å²) in [5.74, 6) is 1.86. The topological polar surface area (TPSA) is 38.5 Å². The molecule has 3 heteroatoms. The third-order valence-corrected chi connectivity index (χ3v) is 3.75. The van der Waals surface area contributed by atoms with E-state index in [0.29, 0.717) is 12.6 Å². The third-order valence-electron chi connectivity index (χ3n) is 3.75. The highest BCUT2D eigenvalue weighted by molar-refractivity contribution is 5.32. The number of nitrogens with two attached hydrogens (primary N) is 1. The van der Waals surface area contributed by atoms with Crippen molar-refractivity contribution in [2.24, 2.45) is 11.7 Å². The second-order valence-electron chi connectivity index (χ2n) is 5.69. The predicted octanol–water partition coefficient (Wildman–Crippen LogP) is 2.64. The van der Waals surface area contributed by atoms with Crippen LogP contribution in [0.3, 0.4) is 0 Å². The Hall–Kier alpha value is -1.06. The Morgan fingerprint density at radius 3 is 2.68 bits per heavy atom. The molecule has 1 fully saturated rings. The quantitative estimate of drug-likeness (QED) is 0.782. The van der Waals surface area contributed by atoms with E-state index < -0.39 is 0 Å². The zero-order valence-corrected chi connectivity index (χ0v) is 12.1. The van der Waals surface area contributed by atoms with E-state index in [1.807, 2.05) is 24.3 Å². The second-order valence-corrected chi connectivity index (χ2v) is 5.69. The minimum absolute atomic E-state index is 0.534. The van der Waals surface area contributed by atoms with Crippen LogP contribution >= 0.6 is 0 Å². The molecule has 0 heterocycles. The fourth-order valence-electron chi connectivity index (χ4n) is 2.28. The maximum Gasteiger partial charge on any atom is 0.123 e. The van der Waals surface area contributed by atoms with Crippen LogP contribution in [-0.2, 0) is 6.54 Å². The van der Waals surface area contributed by atoms with Crippen molar-refractivity contribution in [2.45, 2.75) is 39.3 Å². The first-order valence-corrected chi connectivity index (χ1v) is 7.35. The van der Waals surface area contributed by atoms with Crippen LogP contribution in [0.15, 0.2) is 24.3 Å². The van der Waals surface area contributed by atoms with Crippen molar-refractivity contribution in [3.8, 4) is 5.75 Å². The average Bonchev–Trinajstić information content (AvgIpc) is 3.22. The number of rotatable bonds is 8. The Bertz CT molecular complexity index is 388. The third kappa shape index (κ3) is 4.51. The molecule has 0 spiro atoms. The lowest BCUT2D eigenvalue weighted by atomic mass is 10.2. The van der Waals surface area contributed by atoms with Gasteiger partial charge in [-0.15, -0.1) is 0 Å². The van der Waals surface area contributed by atoms with E-state index in [-0.39, 0.29) is 0 Å². The van der Waals surface area contributed by atoms with Crippen LogP contribution < -0.4 is 10.5 Å². The minimum atomic E-state index is 0.534. The first kappa shape index (κ1) is 14.4. The van der Waals surface area contributed by atoms with E-state index >= 15 is 0 Å². The summed E-state index contributed by atoms with van der Waals surface area (Å²) < 4.78 is 5.89. The summed E-state index contributed by atoms with van der Waals surface area (Å²) in [5.41, 5.74) is 6.80. The molecule has 0 amide bonds. The highest BCUT2D eigenvalue weighted by atomic mass is 16.5. The van der Waals surface area contributed by atoms with Crippen molar-refractivity contribution in [1.82, 2.24) is 4.90 Å². The molecule has 2 rings (SSSR count). The lowest BCUT2D eigenvalue weighted by Crippen LogP contribution is -2.36. The molecule has 1 aromatic rings. The van der Waals surface area contributed by atoms with Gasteiger partial charge in [0.05, 0.1) is 0 Å². The van der Waals surface area contributed by atoms with Crippen LogP contribution in [0, 0.1) is 5.92 Å². The van der Waals surface area contributed by atoms with Crippen molar-refractivity contribution >= 4 is 0 Å². The zero-order chi connectivity index (χ0) is 13.7. The van der Waals surface area contributed by atoms with Crippen LogP contribution in [0.25, 0.3) is 0 Å². The molecule has 1 aliphatic carbocycles. The van der Waals surface area contributed by atoms with Gasteiger partial charge < -0.3 is 10.5 Å². The fraction of sp³-hybridized carbons (Fsp3) is 0.625. The van der Waals surface area contributed by atoms with Crippen LogP contribution in [0.4, 0.5) is 0 Å². The van der Waals surface area contributed by atoms with Gasteiger partial charge in [-0.2, -0.15) is 0 Å². The number of ether oxygens (including phenoxy) is 1. The molecule has 0 aromatic heterocycles. The Kier molecular flexibility index (Phi) is 5.23. The van der Waals surface area contributed by atoms with Gasteiger partial charge in [0.2, 0.25) is 0 Å². The van der Waals surface area contributed by atoms with Crippen LogP contribution in [0.2, 0.25) is 0 Å². The van der Waals surface area contributed by atoms with Gasteiger partial charge in [-0.05, 0) is 38.7 Å². The van der Waals surface area contributed by atoms with Crippen molar-refractivity contribution in [3.05, 3.63) is 29.8 Å². The molecule has 0 unspecified atom stereocenters. The molecular weight excluding hydrogens is 236 g/mol. The van der Waals surface area contributed by atoms with Gasteiger partial charge in [0, 0.05) is 31.2 Å². The molecule has 0 bridgehead atoms. The summed E-state index contributed by atoms with van der Waals surface area (Å²) in [6.45, 7) is 8.01. The predicted molar refractivity (Wildman–Crippen MR) is 79.3 cm³/mol. The molecule has 3 nitrogen and oxygen atoms in total. The number of nitrogens with zero attached hydrogens (tertiary/aromatic N) is 1. The molecule has 1 aromatic carbocycles. The largest absolute Gasteiger partial charge is 0.492 e. The van der Waals surface area contributed by atoms with E-state index in [1.54, 1.807) is 0 Å². The van der Waals surface area contributed by atoms with Gasteiger partial charge in [0.25, 0.3) is 0 Å². The monoisotopic (exact) mass is 262 g/mol. The van der Waals surface area contributed by atoms with Gasteiger partial charge in [0.15, 0.2) is 0 Å². The Balaban J connectivity index is 1.80. The molecule has 2 N–H and O–H groups in total. The number of hydrogen-bond acceptors (Lipinski definition) is 3. The molecule has 0 radical (unpaired) electrons. The number of para-hydroxylation sites is 1. The summed E-state index contributed by atoms with van der Waals surface area (Å²) in [7, 11) is 0. The van der Waals surface area contributed by atoms with Crippen LogP contribution in [0.5, 0.6) is 5.75 Å². The highest BCUT2D eigenvalue weighted by Crippen LogP contribution is 2.30. The normalized spacial score (nSPS) is 15.2. The Morgan fingerprint density at radius 1 is 1.32 bits per heavy atom. The molecule has 19 heavy (non-hydrogen) atoms. The van der Waals surface area contributed by atoms with E-state index in [1.165, 1.54) is 19.4 Å². The van der Waals surface area contributed by atoms with Gasteiger partial charge in [-0.25, -0.2) is 0 Å². The smallest absolute Gasteiger partial charge is 0.123 e. The van der Waals surface area contributed by atoms with Gasteiger partial charge in [-0.3, -0.25) is 4.90 Å². The SMILES string of the molecule is CC(C)N(CCOc1ccccc1CN)CC1CC1. The number of hydrogen-bond donors (Lipinski definition) is 1. The second kappa shape index (κ2) is 6.92. The van der Waals surface area contributed by atoms with E-state index in [4.69, 9.17) is 10.5 Å². The molecule has 1 saturated carbocycles. The maximum absolute atomic E-state index is 5.89. The van der Waals surface area contributed by atoms with Gasteiger partial charge in [-0.1, -0.05) is 18.2 Å². The van der Waals surface area contributed by atoms with Crippen molar-refractivity contribution in [3.63, 3.8) is 0 Å². The van der Waals surface area contributed by atoms with E-state index in [2.05, 4.69) is 18.7 Å². The van der Waals surface area contributed by atoms with E-state index in [0.717, 1.165) is 30.4 Å². The molecule has 0 aliphatic heterocycles. The lowest BCUT2D eigenvalue weighted by molar-refractivity contribution is 0.169. The van der Waals surface area contributed by atoms with Crippen molar-refractivity contribution in [2.75, 3.05) is 19.7 Å². The summed E-state index contributed by atoms with van der Waals surface area (Å²) in [6, 6.07) is 8.62. The maximum atomic E-state index is 5.89. The number of benzene rings is 1. The van der Waals surface area contributed by atoms with Crippen LogP contribution in [0.1, 0.15) is 32.3 Å². The van der Waals surface area contributed by atoms with E-state index in [9.17, 15) is 0 Å². The molecule has 0 atom stereocenters. The summed E-state index contributed by atoms with van der Waals surface area (Å²) in [4.78, 5) is 2.52. The highest BCUT2D eigenvalue weighted by Gasteiger charge is 2.25. The van der Waals surface area contributed by atoms with Crippen molar-refractivity contribution < 1.29 is 4.74 Å². The lowest BCUT2D eigenvalue weighted by Gasteiger charge is -2.26. The molecule has 106 valence electrons. The molecular formula is C16H26N2O. The first-order valence-electron chi connectivity index (χ1n) is 7.35. The Labute approximate surface area is 116 Å². The summed E-state index contributed by atoms with van der Waals surface area (Å²) >= 11 is 0.